The van der Waals surface area contributed by atoms with Crippen LogP contribution in [0.3, 0.4) is 0 Å². The number of nitrogens with zero attached hydrogens (tertiary/aromatic N) is 6. The molecule has 6 heterocycles. The number of hydrogen-bond donors (Lipinski definition) is 0. The summed E-state index contributed by atoms with van der Waals surface area (Å²) < 4.78 is 8.40. The highest BCUT2D eigenvalue weighted by molar-refractivity contribution is 6.30. The van der Waals surface area contributed by atoms with Gasteiger partial charge in [-0.05, 0) is 62.4 Å². The summed E-state index contributed by atoms with van der Waals surface area (Å²) in [4.78, 5) is 30.8. The Bertz CT molecular complexity index is 1620. The predicted octanol–water partition coefficient (Wildman–Crippen LogP) is 4.06. The first kappa shape index (κ1) is 23.9. The van der Waals surface area contributed by atoms with E-state index in [9.17, 15) is 9.59 Å². The summed E-state index contributed by atoms with van der Waals surface area (Å²) in [6, 6.07) is 16.4. The molecular formula is C30H32N6O2. The number of fused-ring (bicyclic) bond motifs is 1. The van der Waals surface area contributed by atoms with Gasteiger partial charge in [-0.1, -0.05) is 0 Å². The summed E-state index contributed by atoms with van der Waals surface area (Å²) in [5, 5.41) is 0. The molecule has 0 aliphatic carbocycles. The molecule has 0 saturated carbocycles. The highest BCUT2D eigenvalue weighted by Gasteiger charge is 2.47. The lowest BCUT2D eigenvalue weighted by Gasteiger charge is -2.21. The summed E-state index contributed by atoms with van der Waals surface area (Å²) in [6.07, 6.45) is 0. The maximum absolute atomic E-state index is 13.8. The maximum atomic E-state index is 13.8. The predicted molar refractivity (Wildman–Crippen MR) is 148 cm³/mol. The molecule has 2 aliphatic rings. The first-order valence-corrected chi connectivity index (χ1v) is 12.7. The average molecular weight is 509 g/mol. The van der Waals surface area contributed by atoms with Crippen LogP contribution in [-0.4, -0.2) is 54.0 Å². The van der Waals surface area contributed by atoms with E-state index in [1.54, 1.807) is 23.9 Å². The Labute approximate surface area is 222 Å². The van der Waals surface area contributed by atoms with E-state index in [1.807, 2.05) is 52.5 Å². The first-order valence-electron chi connectivity index (χ1n) is 12.7. The third-order valence-electron chi connectivity index (χ3n) is 8.43. The number of likely N-dealkylation sites (N-methyl/N-ethyl adjacent to an activating group) is 2. The topological polar surface area (TPSA) is 60.3 Å². The third-order valence-corrected chi connectivity index (χ3v) is 8.43. The number of carbonyl (C=O) groups is 2. The van der Waals surface area contributed by atoms with Crippen LogP contribution in [0, 0.1) is 13.8 Å². The van der Waals surface area contributed by atoms with E-state index in [1.165, 1.54) is 0 Å². The zero-order valence-electron chi connectivity index (χ0n) is 23.1. The van der Waals surface area contributed by atoms with Gasteiger partial charge in [0.2, 0.25) is 0 Å². The molecule has 2 aliphatic heterocycles. The van der Waals surface area contributed by atoms with Crippen molar-refractivity contribution in [3.8, 4) is 22.8 Å². The normalized spacial score (nSPS) is 15.7. The third kappa shape index (κ3) is 2.97. The number of aromatic nitrogens is 4. The smallest absolute Gasteiger partial charge is 0.261 e. The Hall–Kier alpha value is -4.46. The van der Waals surface area contributed by atoms with E-state index in [4.69, 9.17) is 0 Å². The van der Waals surface area contributed by atoms with Crippen molar-refractivity contribution in [2.24, 2.45) is 28.2 Å². The van der Waals surface area contributed by atoms with Crippen LogP contribution in [0.25, 0.3) is 34.2 Å². The van der Waals surface area contributed by atoms with Crippen LogP contribution in [0.4, 0.5) is 0 Å². The average Bonchev–Trinajstić information content (AvgIpc) is 3.70. The zero-order valence-corrected chi connectivity index (χ0v) is 23.1. The van der Waals surface area contributed by atoms with Crippen LogP contribution in [0.1, 0.15) is 22.8 Å². The summed E-state index contributed by atoms with van der Waals surface area (Å²) in [5.74, 6) is -0.338. The van der Waals surface area contributed by atoms with Gasteiger partial charge in [-0.2, -0.15) is 0 Å². The molecule has 0 spiro atoms. The van der Waals surface area contributed by atoms with Gasteiger partial charge < -0.3 is 28.1 Å². The Morgan fingerprint density at radius 3 is 1.03 bits per heavy atom. The van der Waals surface area contributed by atoms with E-state index in [-0.39, 0.29) is 11.8 Å². The van der Waals surface area contributed by atoms with Crippen LogP contribution in [0.2, 0.25) is 0 Å². The fourth-order valence-corrected chi connectivity index (χ4v) is 5.88. The second kappa shape index (κ2) is 8.02. The van der Waals surface area contributed by atoms with E-state index < -0.39 is 0 Å². The molecule has 4 aromatic heterocycles. The molecule has 0 unspecified atom stereocenters. The van der Waals surface area contributed by atoms with Crippen molar-refractivity contribution in [1.29, 1.82) is 0 Å². The quantitative estimate of drug-likeness (QED) is 0.418. The van der Waals surface area contributed by atoms with Gasteiger partial charge in [0.25, 0.3) is 11.8 Å². The minimum absolute atomic E-state index is 0.169. The monoisotopic (exact) mass is 508 g/mol. The Morgan fingerprint density at radius 1 is 0.421 bits per heavy atom. The summed E-state index contributed by atoms with van der Waals surface area (Å²) >= 11 is 0. The van der Waals surface area contributed by atoms with E-state index in [0.717, 1.165) is 45.6 Å². The van der Waals surface area contributed by atoms with Crippen molar-refractivity contribution in [2.45, 2.75) is 13.8 Å². The minimum Gasteiger partial charge on any atom is -0.347 e. The highest BCUT2D eigenvalue weighted by atomic mass is 16.2. The molecule has 6 rings (SSSR count). The van der Waals surface area contributed by atoms with Crippen molar-refractivity contribution >= 4 is 23.2 Å². The molecule has 38 heavy (non-hydrogen) atoms. The molecule has 0 radical (unpaired) electrons. The molecule has 4 aromatic rings. The molecule has 194 valence electrons. The number of rotatable bonds is 4. The van der Waals surface area contributed by atoms with Crippen molar-refractivity contribution in [1.82, 2.24) is 28.1 Å². The number of aryl methyl sites for hydroxylation is 2. The van der Waals surface area contributed by atoms with Gasteiger partial charge in [-0.15, -0.1) is 0 Å². The van der Waals surface area contributed by atoms with Gasteiger partial charge in [0, 0.05) is 53.7 Å². The number of hydrogen-bond acceptors (Lipinski definition) is 2. The molecular weight excluding hydrogens is 476 g/mol. The van der Waals surface area contributed by atoms with E-state index >= 15 is 0 Å². The molecule has 0 saturated heterocycles. The Morgan fingerprint density at radius 2 is 0.711 bits per heavy atom. The summed E-state index contributed by atoms with van der Waals surface area (Å²) in [5.41, 5.74) is 10.4. The molecule has 2 amide bonds. The van der Waals surface area contributed by atoms with Crippen LogP contribution in [0.5, 0.6) is 0 Å². The van der Waals surface area contributed by atoms with Gasteiger partial charge in [-0.3, -0.25) is 9.59 Å². The zero-order chi connectivity index (χ0) is 27.2. The van der Waals surface area contributed by atoms with Crippen LogP contribution < -0.4 is 0 Å². The van der Waals surface area contributed by atoms with Gasteiger partial charge in [0.15, 0.2) is 0 Å². The van der Waals surface area contributed by atoms with Gasteiger partial charge >= 0.3 is 0 Å². The lowest BCUT2D eigenvalue weighted by atomic mass is 10.1. The van der Waals surface area contributed by atoms with Gasteiger partial charge in [0.1, 0.15) is 0 Å². The SMILES string of the molecule is Cc1ccc(-c2ccc(C3=C4C(=O)N(C)C(c5ccc(-c6ccc(C)n6C)n5C)=C4C(=O)N3C)n2C)n1C. The van der Waals surface area contributed by atoms with E-state index in [2.05, 4.69) is 56.4 Å². The van der Waals surface area contributed by atoms with Crippen molar-refractivity contribution in [2.75, 3.05) is 14.1 Å². The highest BCUT2D eigenvalue weighted by Crippen LogP contribution is 2.46. The lowest BCUT2D eigenvalue weighted by Crippen LogP contribution is -2.26. The number of carbonyl (C=O) groups excluding carboxylic acids is 2. The molecule has 0 fully saturated rings. The molecule has 0 bridgehead atoms. The van der Waals surface area contributed by atoms with Crippen molar-refractivity contribution in [3.05, 3.63) is 82.5 Å². The standard InChI is InChI=1S/C30H32N6O2/c1-17-9-11-19(31(17)3)21-13-15-23(33(21)5)27-25-26(30(38)35(27)7)28(36(8)29(25)37)24-16-14-22(34(24)6)20-12-10-18(2)32(20)4/h9-16H,1-8H3. The molecule has 0 N–H and O–H groups in total. The second-order valence-electron chi connectivity index (χ2n) is 10.3. The fourth-order valence-electron chi connectivity index (χ4n) is 5.88. The Kier molecular flexibility index (Phi) is 5.04. The first-order chi connectivity index (χ1) is 18.0. The fraction of sp³-hybridized carbons (Fsp3) is 0.267. The van der Waals surface area contributed by atoms with Crippen molar-refractivity contribution in [3.63, 3.8) is 0 Å². The van der Waals surface area contributed by atoms with E-state index in [0.29, 0.717) is 22.5 Å². The van der Waals surface area contributed by atoms with Crippen LogP contribution in [0.15, 0.2) is 59.7 Å². The van der Waals surface area contributed by atoms with Gasteiger partial charge in [-0.25, -0.2) is 0 Å². The second-order valence-corrected chi connectivity index (χ2v) is 10.3. The molecule has 0 aromatic carbocycles. The summed E-state index contributed by atoms with van der Waals surface area (Å²) in [7, 11) is 11.6. The Balaban J connectivity index is 1.53. The van der Waals surface area contributed by atoms with Crippen molar-refractivity contribution < 1.29 is 9.59 Å². The molecule has 0 atom stereocenters. The summed E-state index contributed by atoms with van der Waals surface area (Å²) in [6.45, 7) is 4.14. The van der Waals surface area contributed by atoms with Crippen LogP contribution in [-0.2, 0) is 37.8 Å². The van der Waals surface area contributed by atoms with Gasteiger partial charge in [0.05, 0.1) is 56.7 Å². The number of amides is 2. The maximum Gasteiger partial charge on any atom is 0.261 e. The minimum atomic E-state index is -0.169. The molecule has 8 nitrogen and oxygen atoms in total. The largest absolute Gasteiger partial charge is 0.347 e. The molecule has 8 heteroatoms. The van der Waals surface area contributed by atoms with Crippen LogP contribution >= 0.6 is 0 Å². The lowest BCUT2D eigenvalue weighted by molar-refractivity contribution is -0.123.